The van der Waals surface area contributed by atoms with Gasteiger partial charge < -0.3 is 10.2 Å². The zero-order valence-electron chi connectivity index (χ0n) is 23.3. The summed E-state index contributed by atoms with van der Waals surface area (Å²) in [6.45, 7) is 26.3. The number of aromatic hydroxyl groups is 2. The molecule has 184 valence electrons. The van der Waals surface area contributed by atoms with E-state index in [0.29, 0.717) is 17.9 Å². The van der Waals surface area contributed by atoms with E-state index in [1.54, 1.807) is 0 Å². The zero-order valence-corrected chi connectivity index (χ0v) is 23.3. The predicted molar refractivity (Wildman–Crippen MR) is 143 cm³/mol. The standard InChI is InChI=1S/C31H48O2/c1-28(2,3)18-20-13-22(26(32)24(15-20)30(7,8)9)17-23-14-21(19-29(4,5)6)16-25(27(23)33)31(10,11)12/h13-16,32-33H,17-19H2,1-12H3. The second-order valence-electron chi connectivity index (χ2n) is 14.5. The largest absolute Gasteiger partial charge is 0.507 e. The number of benzene rings is 2. The molecule has 2 heteroatoms. The molecule has 0 aliphatic heterocycles. The third kappa shape index (κ3) is 7.52. The Labute approximate surface area is 203 Å². The van der Waals surface area contributed by atoms with Gasteiger partial charge in [0.15, 0.2) is 0 Å². The second-order valence-corrected chi connectivity index (χ2v) is 14.5. The summed E-state index contributed by atoms with van der Waals surface area (Å²) in [6, 6.07) is 8.62. The molecule has 0 aliphatic carbocycles. The van der Waals surface area contributed by atoms with Crippen LogP contribution in [0.3, 0.4) is 0 Å². The maximum Gasteiger partial charge on any atom is 0.122 e. The summed E-state index contributed by atoms with van der Waals surface area (Å²) in [5, 5.41) is 22.6. The van der Waals surface area contributed by atoms with Crippen LogP contribution in [0.1, 0.15) is 116 Å². The van der Waals surface area contributed by atoms with Crippen molar-refractivity contribution in [3.8, 4) is 11.5 Å². The van der Waals surface area contributed by atoms with Crippen molar-refractivity contribution in [1.29, 1.82) is 0 Å². The van der Waals surface area contributed by atoms with Gasteiger partial charge in [-0.3, -0.25) is 0 Å². The Hall–Kier alpha value is -1.96. The number of hydrogen-bond acceptors (Lipinski definition) is 2. The van der Waals surface area contributed by atoms with Crippen LogP contribution in [0.15, 0.2) is 24.3 Å². The molecule has 0 unspecified atom stereocenters. The van der Waals surface area contributed by atoms with Crippen molar-refractivity contribution in [3.05, 3.63) is 57.6 Å². The van der Waals surface area contributed by atoms with E-state index in [0.717, 1.165) is 35.1 Å². The van der Waals surface area contributed by atoms with Gasteiger partial charge in [0.2, 0.25) is 0 Å². The molecule has 2 aromatic carbocycles. The molecule has 0 amide bonds. The van der Waals surface area contributed by atoms with E-state index < -0.39 is 0 Å². The quantitative estimate of drug-likeness (QED) is 0.488. The van der Waals surface area contributed by atoms with E-state index in [-0.39, 0.29) is 21.7 Å². The topological polar surface area (TPSA) is 40.5 Å². The molecule has 2 N–H and O–H groups in total. The highest BCUT2D eigenvalue weighted by molar-refractivity contribution is 5.53. The van der Waals surface area contributed by atoms with E-state index in [1.807, 2.05) is 0 Å². The molecule has 33 heavy (non-hydrogen) atoms. The van der Waals surface area contributed by atoms with Crippen LogP contribution in [0.25, 0.3) is 0 Å². The molecule has 0 saturated heterocycles. The van der Waals surface area contributed by atoms with Gasteiger partial charge in [-0.2, -0.15) is 0 Å². The van der Waals surface area contributed by atoms with E-state index in [2.05, 4.69) is 107 Å². The van der Waals surface area contributed by atoms with Gasteiger partial charge in [-0.1, -0.05) is 107 Å². The molecule has 0 heterocycles. The van der Waals surface area contributed by atoms with Crippen molar-refractivity contribution in [2.24, 2.45) is 10.8 Å². The summed E-state index contributed by atoms with van der Waals surface area (Å²) in [5.41, 5.74) is 6.17. The molecule has 0 bridgehead atoms. The van der Waals surface area contributed by atoms with Gasteiger partial charge in [0.05, 0.1) is 0 Å². The fourth-order valence-corrected chi connectivity index (χ4v) is 4.57. The minimum atomic E-state index is -0.167. The normalized spacial score (nSPS) is 13.5. The van der Waals surface area contributed by atoms with E-state index >= 15 is 0 Å². The average Bonchev–Trinajstić information content (AvgIpc) is 2.55. The van der Waals surface area contributed by atoms with Gasteiger partial charge in [0, 0.05) is 6.42 Å². The average molecular weight is 453 g/mol. The lowest BCUT2D eigenvalue weighted by Crippen LogP contribution is -2.16. The fraction of sp³-hybridized carbons (Fsp3) is 0.613. The van der Waals surface area contributed by atoms with Crippen LogP contribution in [0.2, 0.25) is 0 Å². The summed E-state index contributed by atoms with van der Waals surface area (Å²) in [6.07, 6.45) is 2.39. The lowest BCUT2D eigenvalue weighted by Gasteiger charge is -2.27. The predicted octanol–water partition coefficient (Wildman–Crippen LogP) is 8.46. The Balaban J connectivity index is 2.70. The van der Waals surface area contributed by atoms with E-state index in [9.17, 15) is 10.2 Å². The van der Waals surface area contributed by atoms with Gasteiger partial charge in [0.1, 0.15) is 11.5 Å². The molecular formula is C31H48O2. The molecule has 2 rings (SSSR count). The first kappa shape index (κ1) is 27.3. The Morgan fingerprint density at radius 2 is 0.818 bits per heavy atom. The summed E-state index contributed by atoms with van der Waals surface area (Å²) in [4.78, 5) is 0. The van der Waals surface area contributed by atoms with Gasteiger partial charge in [-0.15, -0.1) is 0 Å². The minimum absolute atomic E-state index is 0.150. The van der Waals surface area contributed by atoms with Crippen molar-refractivity contribution in [2.75, 3.05) is 0 Å². The van der Waals surface area contributed by atoms with Gasteiger partial charge in [0.25, 0.3) is 0 Å². The number of phenolic OH excluding ortho intramolecular Hbond substituents is 2. The van der Waals surface area contributed by atoms with E-state index in [1.165, 1.54) is 11.1 Å². The molecule has 0 spiro atoms. The first-order valence-electron chi connectivity index (χ1n) is 12.4. The van der Waals surface area contributed by atoms with Crippen LogP contribution >= 0.6 is 0 Å². The lowest BCUT2D eigenvalue weighted by molar-refractivity contribution is 0.406. The maximum absolute atomic E-state index is 11.3. The van der Waals surface area contributed by atoms with Gasteiger partial charge in [-0.25, -0.2) is 0 Å². The molecule has 0 atom stereocenters. The molecule has 0 fully saturated rings. The van der Waals surface area contributed by atoms with Gasteiger partial charge >= 0.3 is 0 Å². The van der Waals surface area contributed by atoms with Crippen molar-refractivity contribution in [3.63, 3.8) is 0 Å². The molecule has 0 aromatic heterocycles. The maximum atomic E-state index is 11.3. The molecule has 0 saturated carbocycles. The molecule has 2 nitrogen and oxygen atoms in total. The Morgan fingerprint density at radius 3 is 1.06 bits per heavy atom. The molecule has 2 aromatic rings. The van der Waals surface area contributed by atoms with Crippen molar-refractivity contribution >= 4 is 0 Å². The highest BCUT2D eigenvalue weighted by Gasteiger charge is 2.26. The van der Waals surface area contributed by atoms with Crippen LogP contribution in [-0.4, -0.2) is 10.2 Å². The van der Waals surface area contributed by atoms with Crippen molar-refractivity contribution in [2.45, 2.75) is 113 Å². The molecule has 0 aliphatic rings. The van der Waals surface area contributed by atoms with Crippen LogP contribution in [0.4, 0.5) is 0 Å². The highest BCUT2D eigenvalue weighted by atomic mass is 16.3. The Kier molecular flexibility index (Phi) is 7.45. The third-order valence-corrected chi connectivity index (χ3v) is 5.96. The fourth-order valence-electron chi connectivity index (χ4n) is 4.57. The van der Waals surface area contributed by atoms with E-state index in [4.69, 9.17) is 0 Å². The van der Waals surface area contributed by atoms with Crippen molar-refractivity contribution < 1.29 is 10.2 Å². The molecular weight excluding hydrogens is 404 g/mol. The summed E-state index contributed by atoms with van der Waals surface area (Å²) in [5.74, 6) is 0.719. The van der Waals surface area contributed by atoms with Crippen LogP contribution in [0, 0.1) is 10.8 Å². The zero-order chi connectivity index (χ0) is 25.6. The SMILES string of the molecule is CC(C)(C)Cc1cc(Cc2cc(CC(C)(C)C)cc(C(C)(C)C)c2O)c(O)c(C(C)(C)C)c1. The first-order valence-corrected chi connectivity index (χ1v) is 12.4. The lowest BCUT2D eigenvalue weighted by atomic mass is 9.78. The smallest absolute Gasteiger partial charge is 0.122 e. The first-order chi connectivity index (χ1) is 14.7. The van der Waals surface area contributed by atoms with Crippen molar-refractivity contribution in [1.82, 2.24) is 0 Å². The van der Waals surface area contributed by atoms with Crippen LogP contribution in [0.5, 0.6) is 11.5 Å². The second kappa shape index (κ2) is 9.01. The summed E-state index contributed by atoms with van der Waals surface area (Å²) < 4.78 is 0. The monoisotopic (exact) mass is 452 g/mol. The number of hydrogen-bond donors (Lipinski definition) is 2. The van der Waals surface area contributed by atoms with Gasteiger partial charge in [-0.05, 0) is 67.9 Å². The number of rotatable bonds is 4. The summed E-state index contributed by atoms with van der Waals surface area (Å²) in [7, 11) is 0. The third-order valence-electron chi connectivity index (χ3n) is 5.96. The Morgan fingerprint density at radius 1 is 0.515 bits per heavy atom. The number of phenols is 2. The van der Waals surface area contributed by atoms with Crippen LogP contribution < -0.4 is 0 Å². The van der Waals surface area contributed by atoms with Crippen LogP contribution in [-0.2, 0) is 30.1 Å². The Bertz CT molecular complexity index is 903. The highest BCUT2D eigenvalue weighted by Crippen LogP contribution is 2.41. The minimum Gasteiger partial charge on any atom is -0.507 e. The molecule has 0 radical (unpaired) electrons. The summed E-state index contributed by atoms with van der Waals surface area (Å²) >= 11 is 0.